The third kappa shape index (κ3) is 5.08. The van der Waals surface area contributed by atoms with Gasteiger partial charge in [0.25, 0.3) is 0 Å². The molecule has 0 amide bonds. The third-order valence-corrected chi connectivity index (χ3v) is 3.78. The van der Waals surface area contributed by atoms with Gasteiger partial charge in [0.05, 0.1) is 26.4 Å². The standard InChI is InChI=1S/C18H24O3/c1-20-18-11-10-15(7-5-6-12-19)13-16(18)14-21-17-8-3-2-4-9-17/h10-11,13,17,19H,2-4,6,8-9,12,14H2,1H3. The fraction of sp³-hybridized carbons (Fsp3) is 0.556. The van der Waals surface area contributed by atoms with E-state index in [0.717, 1.165) is 29.7 Å². The molecule has 1 fully saturated rings. The molecule has 1 aliphatic carbocycles. The maximum atomic E-state index is 8.77. The summed E-state index contributed by atoms with van der Waals surface area (Å²) in [5.41, 5.74) is 1.98. The second-order valence-corrected chi connectivity index (χ2v) is 5.37. The molecule has 114 valence electrons. The van der Waals surface area contributed by atoms with Crippen LogP contribution >= 0.6 is 0 Å². The van der Waals surface area contributed by atoms with Crippen molar-refractivity contribution in [2.75, 3.05) is 13.7 Å². The zero-order valence-corrected chi connectivity index (χ0v) is 12.7. The van der Waals surface area contributed by atoms with Crippen LogP contribution in [0.2, 0.25) is 0 Å². The molecule has 0 aromatic heterocycles. The average molecular weight is 288 g/mol. The molecular formula is C18H24O3. The molecule has 0 unspecified atom stereocenters. The first-order chi connectivity index (χ1) is 10.3. The monoisotopic (exact) mass is 288 g/mol. The van der Waals surface area contributed by atoms with Gasteiger partial charge in [0.2, 0.25) is 0 Å². The predicted molar refractivity (Wildman–Crippen MR) is 83.2 cm³/mol. The molecule has 0 heterocycles. The quantitative estimate of drug-likeness (QED) is 0.845. The molecule has 2 rings (SSSR count). The number of hydrogen-bond acceptors (Lipinski definition) is 3. The Kier molecular flexibility index (Phi) is 6.59. The van der Waals surface area contributed by atoms with Gasteiger partial charge in [0.15, 0.2) is 0 Å². The minimum absolute atomic E-state index is 0.0980. The SMILES string of the molecule is COc1ccc(C#CCCO)cc1COC1CCCCC1. The van der Waals surface area contributed by atoms with Gasteiger partial charge in [-0.15, -0.1) is 0 Å². The van der Waals surface area contributed by atoms with E-state index in [2.05, 4.69) is 11.8 Å². The van der Waals surface area contributed by atoms with E-state index in [4.69, 9.17) is 14.6 Å². The summed E-state index contributed by atoms with van der Waals surface area (Å²) < 4.78 is 11.4. The van der Waals surface area contributed by atoms with Crippen molar-refractivity contribution in [2.45, 2.75) is 51.2 Å². The zero-order chi connectivity index (χ0) is 14.9. The highest BCUT2D eigenvalue weighted by Gasteiger charge is 2.14. The van der Waals surface area contributed by atoms with Gasteiger partial charge in [0, 0.05) is 17.5 Å². The molecule has 0 spiro atoms. The number of benzene rings is 1. The zero-order valence-electron chi connectivity index (χ0n) is 12.7. The Bertz CT molecular complexity index is 493. The van der Waals surface area contributed by atoms with Crippen molar-refractivity contribution in [2.24, 2.45) is 0 Å². The van der Waals surface area contributed by atoms with Gasteiger partial charge in [-0.25, -0.2) is 0 Å². The number of aliphatic hydroxyl groups is 1. The van der Waals surface area contributed by atoms with Gasteiger partial charge in [-0.3, -0.25) is 0 Å². The first-order valence-corrected chi connectivity index (χ1v) is 7.71. The number of methoxy groups -OCH3 is 1. The van der Waals surface area contributed by atoms with Crippen LogP contribution in [0.15, 0.2) is 18.2 Å². The molecule has 1 N–H and O–H groups in total. The topological polar surface area (TPSA) is 38.7 Å². The van der Waals surface area contributed by atoms with Gasteiger partial charge < -0.3 is 14.6 Å². The molecule has 1 saturated carbocycles. The Morgan fingerprint density at radius 1 is 1.24 bits per heavy atom. The second kappa shape index (κ2) is 8.71. The minimum atomic E-state index is 0.0980. The van der Waals surface area contributed by atoms with Gasteiger partial charge in [-0.05, 0) is 31.0 Å². The highest BCUT2D eigenvalue weighted by molar-refractivity contribution is 5.44. The van der Waals surface area contributed by atoms with Crippen molar-refractivity contribution in [1.82, 2.24) is 0 Å². The van der Waals surface area contributed by atoms with Crippen LogP contribution < -0.4 is 4.74 Å². The van der Waals surface area contributed by atoms with E-state index in [1.807, 2.05) is 18.2 Å². The van der Waals surface area contributed by atoms with Gasteiger partial charge in [0.1, 0.15) is 5.75 Å². The molecular weight excluding hydrogens is 264 g/mol. The van der Waals surface area contributed by atoms with E-state index < -0.39 is 0 Å². The lowest BCUT2D eigenvalue weighted by molar-refractivity contribution is 0.0160. The fourth-order valence-electron chi connectivity index (χ4n) is 2.63. The van der Waals surface area contributed by atoms with Gasteiger partial charge >= 0.3 is 0 Å². The van der Waals surface area contributed by atoms with Crippen molar-refractivity contribution in [3.05, 3.63) is 29.3 Å². The van der Waals surface area contributed by atoms with Crippen LogP contribution in [0, 0.1) is 11.8 Å². The summed E-state index contributed by atoms with van der Waals surface area (Å²) >= 11 is 0. The minimum Gasteiger partial charge on any atom is -0.496 e. The Hall–Kier alpha value is -1.50. The Balaban J connectivity index is 2.01. The molecule has 21 heavy (non-hydrogen) atoms. The first-order valence-electron chi connectivity index (χ1n) is 7.71. The van der Waals surface area contributed by atoms with Crippen molar-refractivity contribution >= 4 is 0 Å². The summed E-state index contributed by atoms with van der Waals surface area (Å²) in [6, 6.07) is 5.89. The number of ether oxygens (including phenoxy) is 2. The molecule has 0 saturated heterocycles. The van der Waals surface area contributed by atoms with Crippen molar-refractivity contribution in [3.63, 3.8) is 0 Å². The van der Waals surface area contributed by atoms with Crippen LogP contribution in [-0.2, 0) is 11.3 Å². The first kappa shape index (κ1) is 15.9. The number of aliphatic hydroxyl groups excluding tert-OH is 1. The second-order valence-electron chi connectivity index (χ2n) is 5.37. The van der Waals surface area contributed by atoms with E-state index >= 15 is 0 Å². The number of rotatable bonds is 5. The Morgan fingerprint density at radius 3 is 2.76 bits per heavy atom. The largest absolute Gasteiger partial charge is 0.496 e. The molecule has 1 aromatic rings. The summed E-state index contributed by atoms with van der Waals surface area (Å²) in [6.07, 6.45) is 7.09. The van der Waals surface area contributed by atoms with Crippen LogP contribution in [0.25, 0.3) is 0 Å². The van der Waals surface area contributed by atoms with Crippen molar-refractivity contribution < 1.29 is 14.6 Å². The smallest absolute Gasteiger partial charge is 0.124 e. The van der Waals surface area contributed by atoms with E-state index in [9.17, 15) is 0 Å². The van der Waals surface area contributed by atoms with Crippen molar-refractivity contribution in [3.8, 4) is 17.6 Å². The van der Waals surface area contributed by atoms with Gasteiger partial charge in [-0.1, -0.05) is 31.1 Å². The maximum Gasteiger partial charge on any atom is 0.124 e. The third-order valence-electron chi connectivity index (χ3n) is 3.78. The van der Waals surface area contributed by atoms with E-state index in [1.165, 1.54) is 19.3 Å². The maximum absolute atomic E-state index is 8.77. The van der Waals surface area contributed by atoms with E-state index in [1.54, 1.807) is 7.11 Å². The Morgan fingerprint density at radius 2 is 2.05 bits per heavy atom. The molecule has 1 aromatic carbocycles. The van der Waals surface area contributed by atoms with E-state index in [0.29, 0.717) is 19.1 Å². The summed E-state index contributed by atoms with van der Waals surface area (Å²) in [7, 11) is 1.68. The van der Waals surface area contributed by atoms with Crippen LogP contribution in [0.4, 0.5) is 0 Å². The lowest BCUT2D eigenvalue weighted by atomic mass is 9.98. The summed E-state index contributed by atoms with van der Waals surface area (Å²) in [4.78, 5) is 0. The molecule has 3 heteroatoms. The van der Waals surface area contributed by atoms with Crippen LogP contribution in [0.5, 0.6) is 5.75 Å². The van der Waals surface area contributed by atoms with Crippen LogP contribution in [0.3, 0.4) is 0 Å². The molecule has 0 bridgehead atoms. The molecule has 3 nitrogen and oxygen atoms in total. The van der Waals surface area contributed by atoms with Crippen molar-refractivity contribution in [1.29, 1.82) is 0 Å². The summed E-state index contributed by atoms with van der Waals surface area (Å²) in [6.45, 7) is 0.671. The highest BCUT2D eigenvalue weighted by Crippen LogP contribution is 2.25. The lowest BCUT2D eigenvalue weighted by Crippen LogP contribution is -2.16. The normalized spacial score (nSPS) is 15.3. The number of hydrogen-bond donors (Lipinski definition) is 1. The Labute approximate surface area is 127 Å². The van der Waals surface area contributed by atoms with Crippen LogP contribution in [-0.4, -0.2) is 24.9 Å². The molecule has 1 aliphatic rings. The van der Waals surface area contributed by atoms with E-state index in [-0.39, 0.29) is 6.61 Å². The summed E-state index contributed by atoms with van der Waals surface area (Å²) in [5, 5.41) is 8.77. The summed E-state index contributed by atoms with van der Waals surface area (Å²) in [5.74, 6) is 6.84. The molecule has 0 radical (unpaired) electrons. The lowest BCUT2D eigenvalue weighted by Gasteiger charge is -2.22. The predicted octanol–water partition coefficient (Wildman–Crippen LogP) is 3.28. The molecule has 0 aliphatic heterocycles. The fourth-order valence-corrected chi connectivity index (χ4v) is 2.63. The van der Waals surface area contributed by atoms with Gasteiger partial charge in [-0.2, -0.15) is 0 Å². The highest BCUT2D eigenvalue weighted by atomic mass is 16.5. The van der Waals surface area contributed by atoms with Crippen LogP contribution in [0.1, 0.15) is 49.7 Å². The molecule has 0 atom stereocenters. The average Bonchev–Trinajstić information content (AvgIpc) is 2.54.